The number of aromatic nitrogens is 1. The van der Waals surface area contributed by atoms with Gasteiger partial charge >= 0.3 is 0 Å². The molecule has 13 rings (SSSR count). The van der Waals surface area contributed by atoms with Crippen LogP contribution < -0.4 is 4.90 Å². The van der Waals surface area contributed by atoms with Crippen molar-refractivity contribution < 1.29 is 0 Å². The summed E-state index contributed by atoms with van der Waals surface area (Å²) < 4.78 is 5.02. The Morgan fingerprint density at radius 1 is 0.328 bits per heavy atom. The fourth-order valence-corrected chi connectivity index (χ4v) is 11.7. The van der Waals surface area contributed by atoms with Gasteiger partial charge in [0.1, 0.15) is 0 Å². The zero-order valence-corrected chi connectivity index (χ0v) is 37.4. The second kappa shape index (κ2) is 16.2. The first-order chi connectivity index (χ1) is 33.3. The molecule has 314 valence electrons. The van der Waals surface area contributed by atoms with Gasteiger partial charge in [0, 0.05) is 59.0 Å². The maximum atomic E-state index is 2.51. The lowest BCUT2D eigenvalue weighted by atomic mass is 9.90. The molecule has 0 aliphatic heterocycles. The Labute approximate surface area is 393 Å². The summed E-state index contributed by atoms with van der Waals surface area (Å²) in [7, 11) is 0. The molecule has 13 aromatic rings. The molecular formula is C64H42N2S. The van der Waals surface area contributed by atoms with Crippen LogP contribution in [0.4, 0.5) is 17.1 Å². The Morgan fingerprint density at radius 3 is 1.63 bits per heavy atom. The van der Waals surface area contributed by atoms with Crippen molar-refractivity contribution in [3.05, 3.63) is 255 Å². The standard InChI is InChI=1S/C64H42N2S/c1-3-20-43(21-4-1)48-32-16-22-44-23-17-34-53(62(44)48)50-28-7-11-37-57(50)65(58-38-12-8-29-51(58)54-35-19-41-61-63(54)56-31-10-14-40-60(56)67-61)47-27-15-24-45(42-47)49-33-18-36-55-52-30-9-13-39-59(52)66(64(49)55)46-25-5-2-6-26-46/h1-42H. The Hall–Kier alpha value is -8.50. The largest absolute Gasteiger partial charge is 0.309 e. The molecule has 0 aliphatic rings. The predicted molar refractivity (Wildman–Crippen MR) is 288 cm³/mol. The van der Waals surface area contributed by atoms with E-state index in [1.54, 1.807) is 0 Å². The third-order valence-electron chi connectivity index (χ3n) is 13.4. The molecule has 0 amide bonds. The molecule has 0 fully saturated rings. The lowest BCUT2D eigenvalue weighted by Crippen LogP contribution is -2.12. The highest BCUT2D eigenvalue weighted by Gasteiger charge is 2.24. The highest BCUT2D eigenvalue weighted by Crippen LogP contribution is 2.50. The van der Waals surface area contributed by atoms with Crippen molar-refractivity contribution >= 4 is 81.1 Å². The molecule has 2 heterocycles. The van der Waals surface area contributed by atoms with Crippen LogP contribution in [0.5, 0.6) is 0 Å². The van der Waals surface area contributed by atoms with Crippen molar-refractivity contribution in [3.63, 3.8) is 0 Å². The van der Waals surface area contributed by atoms with Crippen LogP contribution in [0.1, 0.15) is 0 Å². The van der Waals surface area contributed by atoms with Gasteiger partial charge in [-0.3, -0.25) is 0 Å². The van der Waals surface area contributed by atoms with Gasteiger partial charge in [-0.2, -0.15) is 0 Å². The zero-order valence-electron chi connectivity index (χ0n) is 36.6. The molecule has 0 atom stereocenters. The molecule has 0 radical (unpaired) electrons. The van der Waals surface area contributed by atoms with Crippen molar-refractivity contribution in [2.24, 2.45) is 0 Å². The maximum absolute atomic E-state index is 2.51. The summed E-state index contributed by atoms with van der Waals surface area (Å²) in [5.74, 6) is 0. The zero-order chi connectivity index (χ0) is 44.3. The van der Waals surface area contributed by atoms with E-state index in [0.29, 0.717) is 0 Å². The summed E-state index contributed by atoms with van der Waals surface area (Å²) in [4.78, 5) is 2.51. The number of fused-ring (bicyclic) bond motifs is 7. The number of hydrogen-bond acceptors (Lipinski definition) is 2. The van der Waals surface area contributed by atoms with Crippen LogP contribution >= 0.6 is 11.3 Å². The summed E-state index contributed by atoms with van der Waals surface area (Å²) in [6.07, 6.45) is 0. The number of nitrogens with zero attached hydrogens (tertiary/aromatic N) is 2. The maximum Gasteiger partial charge on any atom is 0.0619 e. The second-order valence-electron chi connectivity index (χ2n) is 17.2. The fourth-order valence-electron chi connectivity index (χ4n) is 10.5. The molecule has 0 saturated heterocycles. The SMILES string of the molecule is c1ccc(-c2cccc3cccc(-c4ccccc4N(c4cccc(-c5cccc6c7ccccc7n(-c7ccccc7)c56)c4)c4ccccc4-c4cccc5sc6ccccc6c45)c23)cc1. The van der Waals surface area contributed by atoms with E-state index in [1.165, 1.54) is 86.1 Å². The van der Waals surface area contributed by atoms with Crippen molar-refractivity contribution in [1.82, 2.24) is 4.57 Å². The van der Waals surface area contributed by atoms with Crippen LogP contribution in [0, 0.1) is 0 Å². The van der Waals surface area contributed by atoms with Crippen LogP contribution in [0.15, 0.2) is 255 Å². The molecule has 0 bridgehead atoms. The van der Waals surface area contributed by atoms with Crippen molar-refractivity contribution in [2.45, 2.75) is 0 Å². The highest BCUT2D eigenvalue weighted by atomic mass is 32.1. The van der Waals surface area contributed by atoms with E-state index in [2.05, 4.69) is 264 Å². The lowest BCUT2D eigenvalue weighted by molar-refractivity contribution is 1.18. The van der Waals surface area contributed by atoms with Gasteiger partial charge in [0.05, 0.1) is 22.4 Å². The summed E-state index contributed by atoms with van der Waals surface area (Å²) >= 11 is 1.86. The number of rotatable bonds is 8. The van der Waals surface area contributed by atoms with Gasteiger partial charge in [-0.15, -0.1) is 11.3 Å². The van der Waals surface area contributed by atoms with Gasteiger partial charge in [-0.05, 0) is 93.2 Å². The normalized spacial score (nSPS) is 11.6. The van der Waals surface area contributed by atoms with Crippen LogP contribution in [0.25, 0.3) is 103 Å². The Balaban J connectivity index is 1.09. The molecule has 2 nitrogen and oxygen atoms in total. The number of para-hydroxylation sites is 5. The van der Waals surface area contributed by atoms with Crippen LogP contribution in [0.2, 0.25) is 0 Å². The smallest absolute Gasteiger partial charge is 0.0619 e. The molecule has 0 N–H and O–H groups in total. The fraction of sp³-hybridized carbons (Fsp3) is 0. The summed E-state index contributed by atoms with van der Waals surface area (Å²) in [5.41, 5.74) is 16.3. The van der Waals surface area contributed by atoms with Gasteiger partial charge in [0.2, 0.25) is 0 Å². The van der Waals surface area contributed by atoms with E-state index in [4.69, 9.17) is 0 Å². The predicted octanol–water partition coefficient (Wildman–Crippen LogP) is 18.4. The third kappa shape index (κ3) is 6.47. The van der Waals surface area contributed by atoms with E-state index in [0.717, 1.165) is 33.9 Å². The summed E-state index contributed by atoms with van der Waals surface area (Å²) in [6.45, 7) is 0. The van der Waals surface area contributed by atoms with Gasteiger partial charge in [-0.25, -0.2) is 0 Å². The van der Waals surface area contributed by atoms with Crippen molar-refractivity contribution in [3.8, 4) is 50.2 Å². The Morgan fingerprint density at radius 2 is 0.851 bits per heavy atom. The van der Waals surface area contributed by atoms with Gasteiger partial charge in [0.25, 0.3) is 0 Å². The minimum absolute atomic E-state index is 1.07. The quantitative estimate of drug-likeness (QED) is 0.148. The van der Waals surface area contributed by atoms with Crippen LogP contribution in [-0.4, -0.2) is 4.57 Å². The number of thiophene rings is 1. The number of anilines is 3. The summed E-state index contributed by atoms with van der Waals surface area (Å²) in [6, 6.07) is 93.3. The van der Waals surface area contributed by atoms with Crippen molar-refractivity contribution in [1.29, 1.82) is 0 Å². The average Bonchev–Trinajstić information content (AvgIpc) is 3.96. The van der Waals surface area contributed by atoms with E-state index in [-0.39, 0.29) is 0 Å². The lowest BCUT2D eigenvalue weighted by Gasteiger charge is -2.31. The summed E-state index contributed by atoms with van der Waals surface area (Å²) in [5, 5.41) is 7.49. The van der Waals surface area contributed by atoms with E-state index >= 15 is 0 Å². The van der Waals surface area contributed by atoms with Crippen LogP contribution in [-0.2, 0) is 0 Å². The average molecular weight is 871 g/mol. The van der Waals surface area contributed by atoms with Gasteiger partial charge in [-0.1, -0.05) is 200 Å². The number of hydrogen-bond donors (Lipinski definition) is 0. The first-order valence-electron chi connectivity index (χ1n) is 22.9. The van der Waals surface area contributed by atoms with E-state index < -0.39 is 0 Å². The molecule has 0 aliphatic carbocycles. The second-order valence-corrected chi connectivity index (χ2v) is 18.2. The highest BCUT2D eigenvalue weighted by molar-refractivity contribution is 7.25. The molecular weight excluding hydrogens is 829 g/mol. The van der Waals surface area contributed by atoms with Gasteiger partial charge in [0.15, 0.2) is 0 Å². The first-order valence-corrected chi connectivity index (χ1v) is 23.7. The first kappa shape index (κ1) is 38.9. The Kier molecular flexibility index (Phi) is 9.40. The minimum atomic E-state index is 1.07. The molecule has 67 heavy (non-hydrogen) atoms. The van der Waals surface area contributed by atoms with Gasteiger partial charge < -0.3 is 9.47 Å². The molecule has 0 unspecified atom stereocenters. The molecule has 11 aromatic carbocycles. The molecule has 3 heteroatoms. The Bertz CT molecular complexity index is 3990. The molecule has 2 aromatic heterocycles. The molecule has 0 spiro atoms. The molecule has 0 saturated carbocycles. The number of benzene rings is 11. The third-order valence-corrected chi connectivity index (χ3v) is 14.5. The minimum Gasteiger partial charge on any atom is -0.309 e. The van der Waals surface area contributed by atoms with Crippen LogP contribution in [0.3, 0.4) is 0 Å². The monoisotopic (exact) mass is 870 g/mol. The van der Waals surface area contributed by atoms with E-state index in [1.807, 2.05) is 11.3 Å². The van der Waals surface area contributed by atoms with Crippen molar-refractivity contribution in [2.75, 3.05) is 4.90 Å². The van der Waals surface area contributed by atoms with E-state index in [9.17, 15) is 0 Å². The topological polar surface area (TPSA) is 8.17 Å².